The van der Waals surface area contributed by atoms with Crippen LogP contribution in [0.1, 0.15) is 17.5 Å². The zero-order valence-electron chi connectivity index (χ0n) is 13.3. The maximum atomic E-state index is 13.4. The summed E-state index contributed by atoms with van der Waals surface area (Å²) in [4.78, 5) is 14.5. The minimum atomic E-state index is -0.594. The van der Waals surface area contributed by atoms with Crippen LogP contribution in [0.4, 0.5) is 8.78 Å². The zero-order chi connectivity index (χ0) is 16.9. The number of amides is 1. The van der Waals surface area contributed by atoms with Crippen LogP contribution >= 0.6 is 0 Å². The van der Waals surface area contributed by atoms with Crippen molar-refractivity contribution in [3.8, 4) is 0 Å². The van der Waals surface area contributed by atoms with Gasteiger partial charge in [0.05, 0.1) is 6.04 Å². The van der Waals surface area contributed by atoms with Crippen LogP contribution in [0.25, 0.3) is 0 Å². The fraction of sp³-hybridized carbons (Fsp3) is 0.316. The second-order valence-electron chi connectivity index (χ2n) is 6.10. The van der Waals surface area contributed by atoms with Crippen molar-refractivity contribution in [3.05, 3.63) is 71.3 Å². The van der Waals surface area contributed by atoms with Gasteiger partial charge >= 0.3 is 0 Å². The molecule has 0 aliphatic carbocycles. The van der Waals surface area contributed by atoms with Gasteiger partial charge < -0.3 is 5.32 Å². The Balaban J connectivity index is 1.82. The first-order valence-electron chi connectivity index (χ1n) is 8.12. The normalized spacial score (nSPS) is 18.9. The highest BCUT2D eigenvalue weighted by Crippen LogP contribution is 2.17. The molecule has 1 unspecified atom stereocenters. The van der Waals surface area contributed by atoms with E-state index in [1.807, 2.05) is 35.2 Å². The monoisotopic (exact) mass is 330 g/mol. The van der Waals surface area contributed by atoms with E-state index in [0.717, 1.165) is 18.1 Å². The maximum absolute atomic E-state index is 13.4. The van der Waals surface area contributed by atoms with Crippen molar-refractivity contribution >= 4 is 5.91 Å². The average Bonchev–Trinajstić information content (AvgIpc) is 2.71. The Hall–Kier alpha value is -2.27. The second kappa shape index (κ2) is 7.53. The van der Waals surface area contributed by atoms with Gasteiger partial charge in [-0.2, -0.15) is 0 Å². The molecule has 0 radical (unpaired) electrons. The lowest BCUT2D eigenvalue weighted by Gasteiger charge is -2.28. The summed E-state index contributed by atoms with van der Waals surface area (Å²) < 4.78 is 26.9. The molecular formula is C19H20F2N2O. The van der Waals surface area contributed by atoms with Crippen LogP contribution in [0.2, 0.25) is 0 Å². The minimum absolute atomic E-state index is 0.0340. The van der Waals surface area contributed by atoms with Crippen LogP contribution < -0.4 is 5.32 Å². The summed E-state index contributed by atoms with van der Waals surface area (Å²) in [7, 11) is 0. The van der Waals surface area contributed by atoms with Gasteiger partial charge in [0.2, 0.25) is 5.91 Å². The summed E-state index contributed by atoms with van der Waals surface area (Å²) in [6, 6.07) is 12.9. The Morgan fingerprint density at radius 1 is 1.04 bits per heavy atom. The highest BCUT2D eigenvalue weighted by molar-refractivity contribution is 5.82. The number of nitrogens with zero attached hydrogens (tertiary/aromatic N) is 1. The van der Waals surface area contributed by atoms with Gasteiger partial charge in [-0.15, -0.1) is 0 Å². The summed E-state index contributed by atoms with van der Waals surface area (Å²) >= 11 is 0. The molecule has 1 fully saturated rings. The van der Waals surface area contributed by atoms with Crippen molar-refractivity contribution in [2.45, 2.75) is 25.4 Å². The molecule has 1 heterocycles. The predicted octanol–water partition coefficient (Wildman–Crippen LogP) is 2.90. The SMILES string of the molecule is O=C1NCCCN(Cc2cc(F)cc(F)c2)C1Cc1ccccc1. The smallest absolute Gasteiger partial charge is 0.237 e. The second-order valence-corrected chi connectivity index (χ2v) is 6.10. The van der Waals surface area contributed by atoms with E-state index >= 15 is 0 Å². The number of halogens is 2. The lowest BCUT2D eigenvalue weighted by atomic mass is 10.0. The van der Waals surface area contributed by atoms with Gasteiger partial charge in [0, 0.05) is 25.7 Å². The number of hydrogen-bond acceptors (Lipinski definition) is 2. The molecule has 1 aliphatic heterocycles. The Labute approximate surface area is 140 Å². The largest absolute Gasteiger partial charge is 0.355 e. The first-order chi connectivity index (χ1) is 11.6. The van der Waals surface area contributed by atoms with E-state index in [9.17, 15) is 13.6 Å². The number of benzene rings is 2. The van der Waals surface area contributed by atoms with E-state index < -0.39 is 11.6 Å². The van der Waals surface area contributed by atoms with Crippen molar-refractivity contribution in [1.82, 2.24) is 10.2 Å². The van der Waals surface area contributed by atoms with Gasteiger partial charge in [-0.3, -0.25) is 9.69 Å². The van der Waals surface area contributed by atoms with E-state index in [1.54, 1.807) is 0 Å². The van der Waals surface area contributed by atoms with Gasteiger partial charge in [-0.25, -0.2) is 8.78 Å². The van der Waals surface area contributed by atoms with Crippen molar-refractivity contribution < 1.29 is 13.6 Å². The van der Waals surface area contributed by atoms with Crippen LogP contribution in [-0.2, 0) is 17.8 Å². The van der Waals surface area contributed by atoms with Crippen LogP contribution in [-0.4, -0.2) is 29.9 Å². The van der Waals surface area contributed by atoms with Crippen molar-refractivity contribution in [2.75, 3.05) is 13.1 Å². The van der Waals surface area contributed by atoms with E-state index in [2.05, 4.69) is 5.32 Å². The molecule has 1 N–H and O–H groups in total. The first kappa shape index (κ1) is 16.6. The molecule has 0 saturated carbocycles. The zero-order valence-corrected chi connectivity index (χ0v) is 13.3. The Kier molecular flexibility index (Phi) is 5.20. The number of carbonyl (C=O) groups excluding carboxylic acids is 1. The third kappa shape index (κ3) is 4.17. The summed E-state index contributed by atoms with van der Waals surface area (Å²) in [5.74, 6) is -1.22. The van der Waals surface area contributed by atoms with Gasteiger partial charge in [0.15, 0.2) is 0 Å². The molecule has 0 spiro atoms. The first-order valence-corrected chi connectivity index (χ1v) is 8.12. The fourth-order valence-corrected chi connectivity index (χ4v) is 3.12. The number of nitrogens with one attached hydrogen (secondary N) is 1. The van der Waals surface area contributed by atoms with Crippen LogP contribution in [0, 0.1) is 11.6 Å². The molecule has 2 aromatic carbocycles. The lowest BCUT2D eigenvalue weighted by molar-refractivity contribution is -0.125. The summed E-state index contributed by atoms with van der Waals surface area (Å²) in [5, 5.41) is 2.92. The van der Waals surface area contributed by atoms with E-state index in [4.69, 9.17) is 0 Å². The topological polar surface area (TPSA) is 32.3 Å². The van der Waals surface area contributed by atoms with Crippen LogP contribution in [0.5, 0.6) is 0 Å². The molecule has 0 bridgehead atoms. The summed E-state index contributed by atoms with van der Waals surface area (Å²) in [6.07, 6.45) is 1.39. The Morgan fingerprint density at radius 2 is 1.75 bits per heavy atom. The van der Waals surface area contributed by atoms with Crippen LogP contribution in [0.3, 0.4) is 0 Å². The maximum Gasteiger partial charge on any atom is 0.237 e. The molecule has 1 atom stereocenters. The molecule has 1 aliphatic rings. The molecule has 1 saturated heterocycles. The van der Waals surface area contributed by atoms with Crippen molar-refractivity contribution in [2.24, 2.45) is 0 Å². The predicted molar refractivity (Wildman–Crippen MR) is 88.3 cm³/mol. The highest BCUT2D eigenvalue weighted by Gasteiger charge is 2.28. The standard InChI is InChI=1S/C19H20F2N2O/c20-16-9-15(10-17(21)12-16)13-23-8-4-7-22-19(24)18(23)11-14-5-2-1-3-6-14/h1-3,5-6,9-10,12,18H,4,7-8,11,13H2,(H,22,24). The van der Waals surface area contributed by atoms with Crippen LogP contribution in [0.15, 0.2) is 48.5 Å². The highest BCUT2D eigenvalue weighted by atomic mass is 19.1. The Bertz CT molecular complexity index is 686. The molecule has 24 heavy (non-hydrogen) atoms. The third-order valence-electron chi connectivity index (χ3n) is 4.24. The molecule has 126 valence electrons. The Morgan fingerprint density at radius 3 is 2.46 bits per heavy atom. The number of carbonyl (C=O) groups is 1. The summed E-state index contributed by atoms with van der Waals surface area (Å²) in [6.45, 7) is 1.67. The molecular weight excluding hydrogens is 310 g/mol. The third-order valence-corrected chi connectivity index (χ3v) is 4.24. The van der Waals surface area contributed by atoms with Crippen molar-refractivity contribution in [1.29, 1.82) is 0 Å². The van der Waals surface area contributed by atoms with Gasteiger partial charge in [0.25, 0.3) is 0 Å². The van der Waals surface area contributed by atoms with E-state index in [-0.39, 0.29) is 11.9 Å². The fourth-order valence-electron chi connectivity index (χ4n) is 3.12. The molecule has 1 amide bonds. The average molecular weight is 330 g/mol. The lowest BCUT2D eigenvalue weighted by Crippen LogP contribution is -2.45. The van der Waals surface area contributed by atoms with Gasteiger partial charge in [-0.05, 0) is 36.1 Å². The van der Waals surface area contributed by atoms with E-state index in [0.29, 0.717) is 31.6 Å². The molecule has 2 aromatic rings. The molecule has 5 heteroatoms. The number of rotatable bonds is 4. The minimum Gasteiger partial charge on any atom is -0.355 e. The summed E-state index contributed by atoms with van der Waals surface area (Å²) in [5.41, 5.74) is 1.61. The number of hydrogen-bond donors (Lipinski definition) is 1. The van der Waals surface area contributed by atoms with Crippen molar-refractivity contribution in [3.63, 3.8) is 0 Å². The quantitative estimate of drug-likeness (QED) is 0.935. The molecule has 0 aromatic heterocycles. The molecule has 3 nitrogen and oxygen atoms in total. The van der Waals surface area contributed by atoms with Gasteiger partial charge in [0.1, 0.15) is 11.6 Å². The van der Waals surface area contributed by atoms with E-state index in [1.165, 1.54) is 12.1 Å². The van der Waals surface area contributed by atoms with Gasteiger partial charge in [-0.1, -0.05) is 30.3 Å². The molecule has 3 rings (SSSR count).